The van der Waals surface area contributed by atoms with Crippen LogP contribution in [0.4, 0.5) is 4.39 Å². The van der Waals surface area contributed by atoms with Crippen LogP contribution in [0.5, 0.6) is 5.75 Å². The van der Waals surface area contributed by atoms with Crippen LogP contribution in [0.15, 0.2) is 42.5 Å². The van der Waals surface area contributed by atoms with E-state index >= 15 is 4.39 Å². The SMILES string of the molecule is CC(C)(C)C1CCC(Oc2ccc(-c3cccc(CCC4CCC(C(=O)O)C4)c3)c(F)c2)CC1. The van der Waals surface area contributed by atoms with Crippen LogP contribution in [0.1, 0.15) is 77.7 Å². The molecule has 184 valence electrons. The molecule has 2 aliphatic rings. The summed E-state index contributed by atoms with van der Waals surface area (Å²) in [7, 11) is 0. The molecule has 0 heterocycles. The molecule has 0 radical (unpaired) electrons. The minimum atomic E-state index is -0.662. The van der Waals surface area contributed by atoms with Crippen LogP contribution in [0.25, 0.3) is 11.1 Å². The molecule has 3 nitrogen and oxygen atoms in total. The highest BCUT2D eigenvalue weighted by Crippen LogP contribution is 2.39. The van der Waals surface area contributed by atoms with E-state index < -0.39 is 5.97 Å². The van der Waals surface area contributed by atoms with Gasteiger partial charge in [0.15, 0.2) is 0 Å². The largest absolute Gasteiger partial charge is 0.490 e. The average molecular weight is 467 g/mol. The van der Waals surface area contributed by atoms with Crippen molar-refractivity contribution in [1.29, 1.82) is 0 Å². The van der Waals surface area contributed by atoms with E-state index in [-0.39, 0.29) is 17.8 Å². The first-order chi connectivity index (χ1) is 16.2. The average Bonchev–Trinajstić information content (AvgIpc) is 3.27. The topological polar surface area (TPSA) is 46.5 Å². The molecule has 0 amide bonds. The molecular formula is C30H39FO3. The minimum absolute atomic E-state index is 0.170. The highest BCUT2D eigenvalue weighted by atomic mass is 19.1. The van der Waals surface area contributed by atoms with E-state index in [1.54, 1.807) is 0 Å². The van der Waals surface area contributed by atoms with Crippen LogP contribution in [-0.2, 0) is 11.2 Å². The summed E-state index contributed by atoms with van der Waals surface area (Å²) in [5.41, 5.74) is 2.98. The zero-order valence-electron chi connectivity index (χ0n) is 20.9. The zero-order valence-corrected chi connectivity index (χ0v) is 20.9. The third-order valence-electron chi connectivity index (χ3n) is 8.11. The minimum Gasteiger partial charge on any atom is -0.490 e. The molecule has 2 unspecified atom stereocenters. The Morgan fingerprint density at radius 2 is 1.79 bits per heavy atom. The van der Waals surface area contributed by atoms with E-state index in [4.69, 9.17) is 4.74 Å². The molecule has 4 rings (SSSR count). The summed E-state index contributed by atoms with van der Waals surface area (Å²) in [5.74, 6) is 0.719. The van der Waals surface area contributed by atoms with Crippen molar-refractivity contribution < 1.29 is 19.0 Å². The molecule has 2 aromatic carbocycles. The van der Waals surface area contributed by atoms with E-state index in [9.17, 15) is 9.90 Å². The van der Waals surface area contributed by atoms with Crippen LogP contribution >= 0.6 is 0 Å². The molecule has 2 atom stereocenters. The van der Waals surface area contributed by atoms with Crippen molar-refractivity contribution in [3.8, 4) is 16.9 Å². The number of carboxylic acids is 1. The summed E-state index contributed by atoms with van der Waals surface area (Å²) < 4.78 is 21.2. The molecule has 0 saturated heterocycles. The number of carbonyl (C=O) groups is 1. The first-order valence-electron chi connectivity index (χ1n) is 13.0. The fraction of sp³-hybridized carbons (Fsp3) is 0.567. The monoisotopic (exact) mass is 466 g/mol. The van der Waals surface area contributed by atoms with Crippen molar-refractivity contribution in [3.05, 3.63) is 53.8 Å². The standard InChI is InChI=1S/C30H39FO3/c1-30(2,3)24-11-13-25(14-12-24)34-26-15-16-27(28(31)19-26)22-6-4-5-20(17-22)7-8-21-9-10-23(18-21)29(32)33/h4-6,15-17,19,21,23-25H,7-14,18H2,1-3H3,(H,32,33). The zero-order chi connectivity index (χ0) is 24.3. The van der Waals surface area contributed by atoms with Crippen LogP contribution in [0, 0.1) is 29.0 Å². The molecule has 2 fully saturated rings. The molecule has 1 N–H and O–H groups in total. The molecule has 0 bridgehead atoms. The number of benzene rings is 2. The van der Waals surface area contributed by atoms with Crippen molar-refractivity contribution >= 4 is 5.97 Å². The second-order valence-electron chi connectivity index (χ2n) is 11.6. The number of carboxylic acid groups (broad SMARTS) is 1. The van der Waals surface area contributed by atoms with E-state index in [0.717, 1.165) is 56.4 Å². The maximum absolute atomic E-state index is 15.1. The Hall–Kier alpha value is -2.36. The second-order valence-corrected chi connectivity index (χ2v) is 11.6. The van der Waals surface area contributed by atoms with E-state index in [1.165, 1.54) is 24.5 Å². The van der Waals surface area contributed by atoms with Crippen molar-refractivity contribution in [2.75, 3.05) is 0 Å². The number of hydrogen-bond acceptors (Lipinski definition) is 2. The summed E-state index contributed by atoms with van der Waals surface area (Å²) in [4.78, 5) is 11.2. The van der Waals surface area contributed by atoms with Gasteiger partial charge in [0.2, 0.25) is 0 Å². The van der Waals surface area contributed by atoms with Crippen LogP contribution < -0.4 is 4.74 Å². The molecule has 4 heteroatoms. The van der Waals surface area contributed by atoms with Gasteiger partial charge in [-0.2, -0.15) is 0 Å². The normalized spacial score (nSPS) is 25.3. The van der Waals surface area contributed by atoms with Crippen LogP contribution in [0.3, 0.4) is 0 Å². The van der Waals surface area contributed by atoms with Crippen LogP contribution in [-0.4, -0.2) is 17.2 Å². The first-order valence-corrected chi connectivity index (χ1v) is 13.0. The summed E-state index contributed by atoms with van der Waals surface area (Å²) in [6.07, 6.45) is 9.00. The molecule has 0 aromatic heterocycles. The molecular weight excluding hydrogens is 427 g/mol. The van der Waals surface area contributed by atoms with Gasteiger partial charge < -0.3 is 9.84 Å². The third kappa shape index (κ3) is 6.20. The van der Waals surface area contributed by atoms with Gasteiger partial charge in [0.1, 0.15) is 11.6 Å². The number of ether oxygens (including phenoxy) is 1. The van der Waals surface area contributed by atoms with Gasteiger partial charge in [-0.15, -0.1) is 0 Å². The lowest BCUT2D eigenvalue weighted by atomic mass is 9.72. The first kappa shape index (κ1) is 24.8. The number of rotatable bonds is 7. The molecule has 2 aromatic rings. The van der Waals surface area contributed by atoms with Crippen molar-refractivity contribution in [2.24, 2.45) is 23.2 Å². The fourth-order valence-corrected chi connectivity index (χ4v) is 5.87. The van der Waals surface area contributed by atoms with Gasteiger partial charge in [-0.25, -0.2) is 4.39 Å². The summed E-state index contributed by atoms with van der Waals surface area (Å²) in [6.45, 7) is 6.93. The summed E-state index contributed by atoms with van der Waals surface area (Å²) in [5, 5.41) is 9.21. The smallest absolute Gasteiger partial charge is 0.306 e. The summed E-state index contributed by atoms with van der Waals surface area (Å²) >= 11 is 0. The Bertz CT molecular complexity index is 985. The fourth-order valence-electron chi connectivity index (χ4n) is 5.87. The van der Waals surface area contributed by atoms with Gasteiger partial charge in [0.05, 0.1) is 12.0 Å². The van der Waals surface area contributed by atoms with Gasteiger partial charge in [0, 0.05) is 11.6 Å². The van der Waals surface area contributed by atoms with Crippen molar-refractivity contribution in [1.82, 2.24) is 0 Å². The Kier molecular flexibility index (Phi) is 7.64. The number of halogens is 1. The van der Waals surface area contributed by atoms with Gasteiger partial charge in [0.25, 0.3) is 0 Å². The molecule has 34 heavy (non-hydrogen) atoms. The Morgan fingerprint density at radius 3 is 2.44 bits per heavy atom. The Labute approximate surface area is 203 Å². The molecule has 2 aliphatic carbocycles. The van der Waals surface area contributed by atoms with E-state index in [1.807, 2.05) is 24.3 Å². The van der Waals surface area contributed by atoms with Crippen molar-refractivity contribution in [2.45, 2.75) is 84.7 Å². The number of aryl methyl sites for hydroxylation is 1. The predicted octanol–water partition coefficient (Wildman–Crippen LogP) is 7.91. The second kappa shape index (κ2) is 10.5. The molecule has 2 saturated carbocycles. The Morgan fingerprint density at radius 1 is 1.03 bits per heavy atom. The lowest BCUT2D eigenvalue weighted by Crippen LogP contribution is -2.30. The predicted molar refractivity (Wildman–Crippen MR) is 134 cm³/mol. The van der Waals surface area contributed by atoms with Crippen LogP contribution in [0.2, 0.25) is 0 Å². The van der Waals surface area contributed by atoms with Gasteiger partial charge >= 0.3 is 5.97 Å². The van der Waals surface area contributed by atoms with Crippen molar-refractivity contribution in [3.63, 3.8) is 0 Å². The van der Waals surface area contributed by atoms with Gasteiger partial charge in [-0.1, -0.05) is 45.0 Å². The Balaban J connectivity index is 1.34. The van der Waals surface area contributed by atoms with E-state index in [0.29, 0.717) is 22.6 Å². The third-order valence-corrected chi connectivity index (χ3v) is 8.11. The number of hydrogen-bond donors (Lipinski definition) is 1. The molecule has 0 aliphatic heterocycles. The number of aliphatic carboxylic acids is 1. The highest BCUT2D eigenvalue weighted by Gasteiger charge is 2.31. The highest BCUT2D eigenvalue weighted by molar-refractivity contribution is 5.70. The van der Waals surface area contributed by atoms with Gasteiger partial charge in [-0.3, -0.25) is 4.79 Å². The molecule has 0 spiro atoms. The summed E-state index contributed by atoms with van der Waals surface area (Å²) in [6, 6.07) is 13.3. The maximum atomic E-state index is 15.1. The quantitative estimate of drug-likeness (QED) is 0.451. The van der Waals surface area contributed by atoms with Gasteiger partial charge in [-0.05, 0) is 98.3 Å². The van der Waals surface area contributed by atoms with E-state index in [2.05, 4.69) is 32.9 Å². The lowest BCUT2D eigenvalue weighted by Gasteiger charge is -2.36. The maximum Gasteiger partial charge on any atom is 0.306 e. The lowest BCUT2D eigenvalue weighted by molar-refractivity contribution is -0.141.